The SMILES string of the molecule is CB(C)CCC(C)C. The Hall–Kier alpha value is 0.0649. The van der Waals surface area contributed by atoms with Gasteiger partial charge in [-0.1, -0.05) is 40.2 Å². The van der Waals surface area contributed by atoms with Crippen LogP contribution in [-0.2, 0) is 0 Å². The highest BCUT2D eigenvalue weighted by Gasteiger charge is 1.99. The summed E-state index contributed by atoms with van der Waals surface area (Å²) in [6, 6.07) is 0. The zero-order valence-corrected chi connectivity index (χ0v) is 6.57. The molecule has 0 spiro atoms. The number of rotatable bonds is 3. The molecule has 0 N–H and O–H groups in total. The van der Waals surface area contributed by atoms with Gasteiger partial charge in [-0.2, -0.15) is 0 Å². The summed E-state index contributed by atoms with van der Waals surface area (Å²) in [7, 11) is 0. The van der Waals surface area contributed by atoms with Gasteiger partial charge in [0.05, 0.1) is 0 Å². The van der Waals surface area contributed by atoms with Gasteiger partial charge in [0.1, 0.15) is 6.71 Å². The highest BCUT2D eigenvalue weighted by atomic mass is 13.9. The Morgan fingerprint density at radius 3 is 1.88 bits per heavy atom. The highest BCUT2D eigenvalue weighted by molar-refractivity contribution is 6.55. The molecule has 0 aliphatic carbocycles. The van der Waals surface area contributed by atoms with Gasteiger partial charge in [0, 0.05) is 0 Å². The van der Waals surface area contributed by atoms with Crippen LogP contribution >= 0.6 is 0 Å². The summed E-state index contributed by atoms with van der Waals surface area (Å²) in [5.41, 5.74) is 0. The summed E-state index contributed by atoms with van der Waals surface area (Å²) in [4.78, 5) is 0. The first kappa shape index (κ1) is 8.06. The minimum atomic E-state index is 0.886. The molecule has 0 saturated heterocycles. The van der Waals surface area contributed by atoms with Crippen LogP contribution in [-0.4, -0.2) is 6.71 Å². The van der Waals surface area contributed by atoms with E-state index in [1.807, 2.05) is 0 Å². The molecule has 0 aromatic carbocycles. The predicted molar refractivity (Wildman–Crippen MR) is 41.7 cm³/mol. The van der Waals surface area contributed by atoms with Crippen LogP contribution < -0.4 is 0 Å². The van der Waals surface area contributed by atoms with E-state index < -0.39 is 0 Å². The van der Waals surface area contributed by atoms with Crippen LogP contribution in [0, 0.1) is 5.92 Å². The zero-order chi connectivity index (χ0) is 6.57. The number of hydrogen-bond acceptors (Lipinski definition) is 0. The van der Waals surface area contributed by atoms with Gasteiger partial charge in [0.25, 0.3) is 0 Å². The lowest BCUT2D eigenvalue weighted by Crippen LogP contribution is -2.00. The van der Waals surface area contributed by atoms with E-state index in [0.29, 0.717) is 0 Å². The third-order valence-electron chi connectivity index (χ3n) is 1.32. The lowest BCUT2D eigenvalue weighted by molar-refractivity contribution is 0.622. The third-order valence-corrected chi connectivity index (χ3v) is 1.32. The van der Waals surface area contributed by atoms with E-state index in [2.05, 4.69) is 27.5 Å². The average Bonchev–Trinajstić information content (AvgIpc) is 1.61. The summed E-state index contributed by atoms with van der Waals surface area (Å²) in [5, 5.41) is 0. The normalized spacial score (nSPS) is 10.1. The molecule has 0 bridgehead atoms. The smallest absolute Gasteiger partial charge is 0.0863 e. The molecule has 0 radical (unpaired) electrons. The van der Waals surface area contributed by atoms with Crippen molar-refractivity contribution < 1.29 is 0 Å². The van der Waals surface area contributed by atoms with Gasteiger partial charge in [0.15, 0.2) is 0 Å². The Balaban J connectivity index is 2.93. The summed E-state index contributed by atoms with van der Waals surface area (Å²) < 4.78 is 0. The van der Waals surface area contributed by atoms with Crippen LogP contribution in [0.1, 0.15) is 20.3 Å². The fourth-order valence-corrected chi connectivity index (χ4v) is 0.667. The summed E-state index contributed by atoms with van der Waals surface area (Å²) in [6.45, 7) is 10.0. The Kier molecular flexibility index (Phi) is 4.03. The molecule has 1 heteroatoms. The lowest BCUT2D eigenvalue weighted by atomic mass is 9.51. The Morgan fingerprint density at radius 1 is 1.25 bits per heavy atom. The monoisotopic (exact) mass is 112 g/mol. The maximum absolute atomic E-state index is 2.28. The molecule has 0 aromatic heterocycles. The average molecular weight is 112 g/mol. The molecule has 0 aromatic rings. The van der Waals surface area contributed by atoms with Crippen molar-refractivity contribution in [2.24, 2.45) is 5.92 Å². The Bertz CT molecular complexity index is 40.3. The van der Waals surface area contributed by atoms with Gasteiger partial charge in [-0.05, 0) is 5.92 Å². The van der Waals surface area contributed by atoms with Gasteiger partial charge in [-0.3, -0.25) is 0 Å². The van der Waals surface area contributed by atoms with Gasteiger partial charge in [-0.15, -0.1) is 0 Å². The van der Waals surface area contributed by atoms with Crippen LogP contribution in [0.25, 0.3) is 0 Å². The maximum atomic E-state index is 2.28. The molecule has 8 heavy (non-hydrogen) atoms. The summed E-state index contributed by atoms with van der Waals surface area (Å²) in [6.07, 6.45) is 2.77. The van der Waals surface area contributed by atoms with Crippen LogP contribution in [0.3, 0.4) is 0 Å². The lowest BCUT2D eigenvalue weighted by Gasteiger charge is -2.03. The van der Waals surface area contributed by atoms with E-state index >= 15 is 0 Å². The minimum absolute atomic E-state index is 0.886. The van der Waals surface area contributed by atoms with Crippen molar-refractivity contribution in [2.75, 3.05) is 0 Å². The third kappa shape index (κ3) is 6.06. The summed E-state index contributed by atoms with van der Waals surface area (Å²) in [5.74, 6) is 0.886. The van der Waals surface area contributed by atoms with Crippen LogP contribution in [0.5, 0.6) is 0 Å². The highest BCUT2D eigenvalue weighted by Crippen LogP contribution is 2.06. The second kappa shape index (κ2) is 4.00. The van der Waals surface area contributed by atoms with Crippen molar-refractivity contribution in [3.63, 3.8) is 0 Å². The van der Waals surface area contributed by atoms with Crippen molar-refractivity contribution in [3.8, 4) is 0 Å². The first-order valence-electron chi connectivity index (χ1n) is 3.63. The molecular weight excluding hydrogens is 94.9 g/mol. The van der Waals surface area contributed by atoms with E-state index in [0.717, 1.165) is 12.6 Å². The quantitative estimate of drug-likeness (QED) is 0.492. The molecule has 0 unspecified atom stereocenters. The first-order valence-corrected chi connectivity index (χ1v) is 3.63. The molecule has 0 amide bonds. The molecule has 0 aliphatic heterocycles. The van der Waals surface area contributed by atoms with Crippen molar-refractivity contribution in [1.29, 1.82) is 0 Å². The second-order valence-electron chi connectivity index (χ2n) is 3.37. The Labute approximate surface area is 53.8 Å². The van der Waals surface area contributed by atoms with Crippen LogP contribution in [0.4, 0.5) is 0 Å². The van der Waals surface area contributed by atoms with Gasteiger partial charge in [0.2, 0.25) is 0 Å². The molecule has 0 heterocycles. The molecule has 0 atom stereocenters. The fraction of sp³-hybridized carbons (Fsp3) is 1.00. The van der Waals surface area contributed by atoms with E-state index in [9.17, 15) is 0 Å². The van der Waals surface area contributed by atoms with Crippen molar-refractivity contribution in [3.05, 3.63) is 0 Å². The van der Waals surface area contributed by atoms with E-state index in [1.54, 1.807) is 0 Å². The Morgan fingerprint density at radius 2 is 1.75 bits per heavy atom. The number of hydrogen-bond donors (Lipinski definition) is 0. The standard InChI is InChI=1S/C7H17B/c1-7(2)5-6-8(3)4/h7H,5-6H2,1-4H3. The topological polar surface area (TPSA) is 0 Å². The van der Waals surface area contributed by atoms with Crippen LogP contribution in [0.2, 0.25) is 20.0 Å². The fourth-order valence-electron chi connectivity index (χ4n) is 0.667. The molecule has 0 saturated carbocycles. The van der Waals surface area contributed by atoms with Crippen molar-refractivity contribution in [1.82, 2.24) is 0 Å². The van der Waals surface area contributed by atoms with Crippen molar-refractivity contribution in [2.45, 2.75) is 40.2 Å². The van der Waals surface area contributed by atoms with Gasteiger partial charge in [-0.25, -0.2) is 0 Å². The molecular formula is C7H17B. The first-order chi connectivity index (χ1) is 3.63. The van der Waals surface area contributed by atoms with Gasteiger partial charge < -0.3 is 0 Å². The minimum Gasteiger partial charge on any atom is -0.0863 e. The van der Waals surface area contributed by atoms with Crippen LogP contribution in [0.15, 0.2) is 0 Å². The van der Waals surface area contributed by atoms with E-state index in [1.165, 1.54) is 12.7 Å². The second-order valence-corrected chi connectivity index (χ2v) is 3.37. The molecule has 0 rings (SSSR count). The molecule has 0 fully saturated rings. The van der Waals surface area contributed by atoms with E-state index in [4.69, 9.17) is 0 Å². The maximum Gasteiger partial charge on any atom is 0.133 e. The molecule has 0 nitrogen and oxygen atoms in total. The molecule has 0 aliphatic rings. The predicted octanol–water partition coefficient (Wildman–Crippen LogP) is 2.79. The molecule has 48 valence electrons. The summed E-state index contributed by atoms with van der Waals surface area (Å²) >= 11 is 0. The van der Waals surface area contributed by atoms with Gasteiger partial charge >= 0.3 is 0 Å². The largest absolute Gasteiger partial charge is 0.133 e. The van der Waals surface area contributed by atoms with E-state index in [-0.39, 0.29) is 0 Å². The van der Waals surface area contributed by atoms with Crippen molar-refractivity contribution >= 4 is 6.71 Å². The zero-order valence-electron chi connectivity index (χ0n) is 6.57.